The minimum Gasteiger partial charge on any atom is -0.352 e. The van der Waals surface area contributed by atoms with Gasteiger partial charge in [0.05, 0.1) is 5.69 Å². The third kappa shape index (κ3) is 4.24. The number of rotatable bonds is 6. The molecule has 0 radical (unpaired) electrons. The van der Waals surface area contributed by atoms with Crippen molar-refractivity contribution >= 4 is 5.78 Å². The first-order chi connectivity index (χ1) is 14.1. The van der Waals surface area contributed by atoms with Crippen LogP contribution in [0.2, 0.25) is 0 Å². The Labute approximate surface area is 167 Å². The normalized spacial score (nSPS) is 10.8. The molecule has 0 fully saturated rings. The summed E-state index contributed by atoms with van der Waals surface area (Å²) in [7, 11) is 0. The largest absolute Gasteiger partial charge is 0.352 e. The number of Topliss-reactive ketones (excluding diaryl/α,β-unsaturated/α-hetero) is 1. The highest BCUT2D eigenvalue weighted by Crippen LogP contribution is 2.23. The highest BCUT2D eigenvalue weighted by atomic mass is 16.5. The fourth-order valence-corrected chi connectivity index (χ4v) is 3.09. The molecule has 0 aliphatic carbocycles. The molecule has 0 saturated carbocycles. The number of aromatic nitrogens is 5. The molecule has 0 unspecified atom stereocenters. The summed E-state index contributed by atoms with van der Waals surface area (Å²) in [6.45, 7) is 3.98. The fraction of sp³-hybridized carbons (Fsp3) is 0.182. The first kappa shape index (κ1) is 18.6. The number of aryl methyl sites for hydroxylation is 3. The fourth-order valence-electron chi connectivity index (χ4n) is 3.09. The topological polar surface area (TPSA) is 94.7 Å². The van der Waals surface area contributed by atoms with E-state index in [4.69, 9.17) is 4.52 Å². The molecule has 0 spiro atoms. The highest BCUT2D eigenvalue weighted by Gasteiger charge is 2.15. The third-order valence-corrected chi connectivity index (χ3v) is 4.53. The van der Waals surface area contributed by atoms with E-state index in [1.165, 1.54) is 0 Å². The number of carbonyl (C=O) groups excluding carboxylic acids is 1. The molecule has 7 heteroatoms. The van der Waals surface area contributed by atoms with Gasteiger partial charge in [0.2, 0.25) is 5.76 Å². The summed E-state index contributed by atoms with van der Waals surface area (Å²) in [6, 6.07) is 9.32. The predicted molar refractivity (Wildman–Crippen MR) is 107 cm³/mol. The van der Waals surface area contributed by atoms with Gasteiger partial charge in [-0.15, -0.1) is 0 Å². The lowest BCUT2D eigenvalue weighted by atomic mass is 10.0. The quantitative estimate of drug-likeness (QED) is 0.463. The molecule has 4 rings (SSSR count). The first-order valence-corrected chi connectivity index (χ1v) is 9.26. The van der Waals surface area contributed by atoms with Crippen molar-refractivity contribution in [3.05, 3.63) is 77.6 Å². The second kappa shape index (κ2) is 8.10. The van der Waals surface area contributed by atoms with E-state index >= 15 is 0 Å². The van der Waals surface area contributed by atoms with Gasteiger partial charge in [0, 0.05) is 48.5 Å². The molecule has 0 amide bonds. The first-order valence-electron chi connectivity index (χ1n) is 9.26. The van der Waals surface area contributed by atoms with Crippen molar-refractivity contribution in [2.24, 2.45) is 0 Å². The van der Waals surface area contributed by atoms with Crippen LogP contribution in [0.15, 0.2) is 59.6 Å². The van der Waals surface area contributed by atoms with Gasteiger partial charge in [0.25, 0.3) is 0 Å². The van der Waals surface area contributed by atoms with Crippen LogP contribution in [0.5, 0.6) is 0 Å². The van der Waals surface area contributed by atoms with Crippen LogP contribution in [0.3, 0.4) is 0 Å². The van der Waals surface area contributed by atoms with Gasteiger partial charge in [-0.25, -0.2) is 9.97 Å². The van der Waals surface area contributed by atoms with Gasteiger partial charge >= 0.3 is 0 Å². The van der Waals surface area contributed by atoms with E-state index in [-0.39, 0.29) is 11.5 Å². The Morgan fingerprint density at radius 3 is 2.59 bits per heavy atom. The number of carbonyl (C=O) groups is 1. The molecule has 0 bridgehead atoms. The molecule has 144 valence electrons. The third-order valence-electron chi connectivity index (χ3n) is 4.53. The van der Waals surface area contributed by atoms with E-state index < -0.39 is 0 Å². The Morgan fingerprint density at radius 1 is 1.00 bits per heavy atom. The maximum absolute atomic E-state index is 12.5. The van der Waals surface area contributed by atoms with Crippen LogP contribution in [-0.4, -0.2) is 30.9 Å². The molecule has 0 aliphatic rings. The Hall–Kier alpha value is -3.74. The van der Waals surface area contributed by atoms with Crippen LogP contribution >= 0.6 is 0 Å². The predicted octanol–water partition coefficient (Wildman–Crippen LogP) is 4.02. The van der Waals surface area contributed by atoms with E-state index in [2.05, 4.69) is 31.2 Å². The van der Waals surface area contributed by atoms with Crippen molar-refractivity contribution in [3.63, 3.8) is 0 Å². The summed E-state index contributed by atoms with van der Waals surface area (Å²) < 4.78 is 5.20. The summed E-state index contributed by atoms with van der Waals surface area (Å²) in [6.07, 6.45) is 7.71. The van der Waals surface area contributed by atoms with E-state index in [9.17, 15) is 4.79 Å². The average molecular weight is 385 g/mol. The SMILES string of the molecule is Cc1cc(-c2ncc(CCC(=O)c3cc(-c4ncccn4)on3)cc2C)ccn1. The molecule has 0 saturated heterocycles. The molecule has 4 aromatic heterocycles. The van der Waals surface area contributed by atoms with E-state index in [1.54, 1.807) is 30.7 Å². The van der Waals surface area contributed by atoms with Gasteiger partial charge in [-0.3, -0.25) is 14.8 Å². The lowest BCUT2D eigenvalue weighted by Gasteiger charge is -2.08. The van der Waals surface area contributed by atoms with Crippen molar-refractivity contribution in [1.29, 1.82) is 0 Å². The smallest absolute Gasteiger partial charge is 0.204 e. The highest BCUT2D eigenvalue weighted by molar-refractivity contribution is 5.94. The molecule has 0 N–H and O–H groups in total. The number of hydrogen-bond acceptors (Lipinski definition) is 7. The summed E-state index contributed by atoms with van der Waals surface area (Å²) in [5.74, 6) is 0.687. The molecule has 4 aromatic rings. The van der Waals surface area contributed by atoms with Crippen molar-refractivity contribution in [3.8, 4) is 22.8 Å². The van der Waals surface area contributed by atoms with Crippen molar-refractivity contribution in [2.75, 3.05) is 0 Å². The average Bonchev–Trinajstić information content (AvgIpc) is 3.23. The van der Waals surface area contributed by atoms with Gasteiger partial charge < -0.3 is 4.52 Å². The Balaban J connectivity index is 1.43. The second-order valence-electron chi connectivity index (χ2n) is 6.77. The molecule has 0 aliphatic heterocycles. The molecular formula is C22H19N5O2. The zero-order valence-electron chi connectivity index (χ0n) is 16.2. The van der Waals surface area contributed by atoms with E-state index in [1.807, 2.05) is 32.2 Å². The minimum atomic E-state index is -0.0950. The molecular weight excluding hydrogens is 366 g/mol. The summed E-state index contributed by atoms with van der Waals surface area (Å²) in [5, 5.41) is 3.86. The van der Waals surface area contributed by atoms with Crippen molar-refractivity contribution in [2.45, 2.75) is 26.7 Å². The maximum atomic E-state index is 12.5. The zero-order chi connectivity index (χ0) is 20.2. The van der Waals surface area contributed by atoms with Crippen LogP contribution in [0, 0.1) is 13.8 Å². The van der Waals surface area contributed by atoms with Crippen LogP contribution < -0.4 is 0 Å². The van der Waals surface area contributed by atoms with Crippen LogP contribution in [0.1, 0.15) is 33.7 Å². The molecule has 7 nitrogen and oxygen atoms in total. The van der Waals surface area contributed by atoms with Crippen LogP contribution in [0.4, 0.5) is 0 Å². The summed E-state index contributed by atoms with van der Waals surface area (Å²) >= 11 is 0. The monoisotopic (exact) mass is 385 g/mol. The lowest BCUT2D eigenvalue weighted by Crippen LogP contribution is -2.02. The van der Waals surface area contributed by atoms with Crippen molar-refractivity contribution < 1.29 is 9.32 Å². The van der Waals surface area contributed by atoms with E-state index in [0.29, 0.717) is 24.4 Å². The lowest BCUT2D eigenvalue weighted by molar-refractivity contribution is 0.0974. The number of ketones is 1. The summed E-state index contributed by atoms with van der Waals surface area (Å²) in [5.41, 5.74) is 5.25. The molecule has 0 aromatic carbocycles. The molecule has 29 heavy (non-hydrogen) atoms. The Morgan fingerprint density at radius 2 is 1.83 bits per heavy atom. The number of nitrogens with zero attached hydrogens (tertiary/aromatic N) is 5. The van der Waals surface area contributed by atoms with Gasteiger partial charge in [0.1, 0.15) is 5.69 Å². The van der Waals surface area contributed by atoms with Crippen LogP contribution in [-0.2, 0) is 6.42 Å². The summed E-state index contributed by atoms with van der Waals surface area (Å²) in [4.78, 5) is 29.5. The second-order valence-corrected chi connectivity index (χ2v) is 6.77. The van der Waals surface area contributed by atoms with Crippen LogP contribution in [0.25, 0.3) is 22.8 Å². The van der Waals surface area contributed by atoms with Gasteiger partial charge in [-0.2, -0.15) is 0 Å². The van der Waals surface area contributed by atoms with Gasteiger partial charge in [-0.1, -0.05) is 11.2 Å². The maximum Gasteiger partial charge on any atom is 0.204 e. The Bertz CT molecular complexity index is 1150. The van der Waals surface area contributed by atoms with E-state index in [0.717, 1.165) is 28.1 Å². The molecule has 0 atom stereocenters. The standard InChI is InChI=1S/C22H19N5O2/c1-14-10-16(13-26-21(14)17-6-9-23-15(2)11-17)4-5-19(28)18-12-20(29-27-18)22-24-7-3-8-25-22/h3,6-13H,4-5H2,1-2H3. The minimum absolute atomic E-state index is 0.0950. The van der Waals surface area contributed by atoms with Crippen molar-refractivity contribution in [1.82, 2.24) is 25.1 Å². The number of pyridine rings is 2. The van der Waals surface area contributed by atoms with Gasteiger partial charge in [0.15, 0.2) is 11.6 Å². The zero-order valence-corrected chi connectivity index (χ0v) is 16.2. The Kier molecular flexibility index (Phi) is 5.20. The number of hydrogen-bond donors (Lipinski definition) is 0. The molecule has 4 heterocycles. The van der Waals surface area contributed by atoms with Gasteiger partial charge in [-0.05, 0) is 49.6 Å².